The Morgan fingerprint density at radius 3 is 2.61 bits per heavy atom. The molecular weight excluding hydrogens is 526 g/mol. The van der Waals surface area contributed by atoms with Crippen LogP contribution in [-0.2, 0) is 17.8 Å². The second-order valence-electron chi connectivity index (χ2n) is 11.7. The van der Waals surface area contributed by atoms with Crippen LogP contribution in [0.1, 0.15) is 73.3 Å². The van der Waals surface area contributed by atoms with Gasteiger partial charge in [-0.3, -0.25) is 9.69 Å². The molecule has 0 radical (unpaired) electrons. The average Bonchev–Trinajstić information content (AvgIpc) is 3.67. The number of hydrogen-bond acceptors (Lipinski definition) is 5. The van der Waals surface area contributed by atoms with Crippen LogP contribution >= 0.6 is 0 Å². The Morgan fingerprint density at radius 2 is 1.90 bits per heavy atom. The second-order valence-corrected chi connectivity index (χ2v) is 11.7. The highest BCUT2D eigenvalue weighted by Gasteiger charge is 2.39. The average molecular weight is 563 g/mol. The molecule has 2 fully saturated rings. The molecule has 0 spiro atoms. The van der Waals surface area contributed by atoms with Crippen LogP contribution < -0.4 is 9.47 Å². The number of carboxylic acid groups (broad SMARTS) is 1. The normalized spacial score (nSPS) is 20.2. The lowest BCUT2D eigenvalue weighted by Crippen LogP contribution is -2.23. The largest absolute Gasteiger partial charge is 0.485 e. The third-order valence-corrected chi connectivity index (χ3v) is 9.01. The first-order valence-corrected chi connectivity index (χ1v) is 14.6. The fraction of sp³-hybridized carbons (Fsp3) is 0.455. The molecule has 0 bridgehead atoms. The molecule has 41 heavy (non-hydrogen) atoms. The van der Waals surface area contributed by atoms with E-state index in [-0.39, 0.29) is 23.2 Å². The standard InChI is InChI=1S/C33H36F2N2O4/c1-19(33(38)39)31(21-6-7-21)22-8-5-20-9-12-28(41-29(20)15-22)24-11-10-23(25-16-30(40-2)36-17-27(25)34)26(32(24)35)18-37-13-3-4-14-37/h5,8,10-11,15-17,19,21,28,31H,3-4,6-7,9,12-14,18H2,1-2H3,(H,38,39)/t19-,28-,31-/m0/s1. The minimum absolute atomic E-state index is 0.0721. The number of methoxy groups -OCH3 is 1. The number of aryl methyl sites for hydroxylation is 1. The van der Waals surface area contributed by atoms with Gasteiger partial charge in [-0.25, -0.2) is 13.8 Å². The van der Waals surface area contributed by atoms with Gasteiger partial charge in [0, 0.05) is 29.3 Å². The number of carboxylic acids is 1. The van der Waals surface area contributed by atoms with Crippen molar-refractivity contribution in [2.24, 2.45) is 11.8 Å². The van der Waals surface area contributed by atoms with Gasteiger partial charge < -0.3 is 14.6 Å². The van der Waals surface area contributed by atoms with Gasteiger partial charge in [0.25, 0.3) is 0 Å². The number of benzene rings is 2. The molecule has 1 N–H and O–H groups in total. The predicted molar refractivity (Wildman–Crippen MR) is 151 cm³/mol. The fourth-order valence-electron chi connectivity index (χ4n) is 6.59. The Kier molecular flexibility index (Phi) is 7.68. The van der Waals surface area contributed by atoms with Gasteiger partial charge in [-0.15, -0.1) is 0 Å². The van der Waals surface area contributed by atoms with E-state index in [1.807, 2.05) is 18.2 Å². The number of nitrogens with zero attached hydrogens (tertiary/aromatic N) is 2. The molecule has 216 valence electrons. The van der Waals surface area contributed by atoms with Crippen molar-refractivity contribution < 1.29 is 28.2 Å². The number of aliphatic carboxylic acids is 1. The number of halogens is 2. The summed E-state index contributed by atoms with van der Waals surface area (Å²) in [6.45, 7) is 3.90. The van der Waals surface area contributed by atoms with Crippen molar-refractivity contribution in [3.05, 3.63) is 76.5 Å². The number of rotatable bonds is 9. The van der Waals surface area contributed by atoms with E-state index in [0.29, 0.717) is 41.3 Å². The first-order chi connectivity index (χ1) is 19.8. The molecule has 6 nitrogen and oxygen atoms in total. The summed E-state index contributed by atoms with van der Waals surface area (Å²) in [5.74, 6) is -0.943. The molecule has 3 aliphatic rings. The first kappa shape index (κ1) is 27.6. The highest BCUT2D eigenvalue weighted by Crippen LogP contribution is 2.48. The van der Waals surface area contributed by atoms with Crippen LogP contribution in [0.15, 0.2) is 42.6 Å². The van der Waals surface area contributed by atoms with Gasteiger partial charge in [-0.2, -0.15) is 0 Å². The molecule has 1 saturated heterocycles. The summed E-state index contributed by atoms with van der Waals surface area (Å²) >= 11 is 0. The third kappa shape index (κ3) is 5.54. The number of likely N-dealkylation sites (tertiary alicyclic amines) is 1. The van der Waals surface area contributed by atoms with E-state index < -0.39 is 23.8 Å². The summed E-state index contributed by atoms with van der Waals surface area (Å²) in [6, 6.07) is 11.0. The highest BCUT2D eigenvalue weighted by molar-refractivity contribution is 5.71. The minimum atomic E-state index is -0.797. The molecule has 1 aliphatic carbocycles. The van der Waals surface area contributed by atoms with Crippen LogP contribution in [0.2, 0.25) is 0 Å². The van der Waals surface area contributed by atoms with Crippen molar-refractivity contribution in [1.82, 2.24) is 9.88 Å². The minimum Gasteiger partial charge on any atom is -0.485 e. The molecule has 6 rings (SSSR count). The van der Waals surface area contributed by atoms with E-state index in [1.165, 1.54) is 13.2 Å². The summed E-state index contributed by atoms with van der Waals surface area (Å²) in [5.41, 5.74) is 3.67. The van der Waals surface area contributed by atoms with Gasteiger partial charge in [-0.05, 0) is 86.2 Å². The number of aromatic nitrogens is 1. The number of ether oxygens (including phenoxy) is 2. The lowest BCUT2D eigenvalue weighted by molar-refractivity contribution is -0.142. The van der Waals surface area contributed by atoms with Gasteiger partial charge >= 0.3 is 5.97 Å². The van der Waals surface area contributed by atoms with Crippen molar-refractivity contribution in [3.63, 3.8) is 0 Å². The van der Waals surface area contributed by atoms with E-state index in [0.717, 1.165) is 62.5 Å². The van der Waals surface area contributed by atoms with E-state index in [4.69, 9.17) is 9.47 Å². The summed E-state index contributed by atoms with van der Waals surface area (Å²) in [6.07, 6.45) is 6.12. The highest BCUT2D eigenvalue weighted by atomic mass is 19.1. The molecule has 8 heteroatoms. The molecule has 3 heterocycles. The number of fused-ring (bicyclic) bond motifs is 1. The zero-order valence-electron chi connectivity index (χ0n) is 23.5. The number of pyridine rings is 1. The molecule has 1 aromatic heterocycles. The van der Waals surface area contributed by atoms with Gasteiger partial charge in [0.2, 0.25) is 5.88 Å². The van der Waals surface area contributed by atoms with Crippen LogP contribution in [0.5, 0.6) is 11.6 Å². The smallest absolute Gasteiger partial charge is 0.306 e. The summed E-state index contributed by atoms with van der Waals surface area (Å²) in [4.78, 5) is 18.0. The van der Waals surface area contributed by atoms with Gasteiger partial charge in [0.05, 0.1) is 19.2 Å². The van der Waals surface area contributed by atoms with Gasteiger partial charge in [-0.1, -0.05) is 31.2 Å². The second kappa shape index (κ2) is 11.4. The van der Waals surface area contributed by atoms with Crippen molar-refractivity contribution >= 4 is 5.97 Å². The van der Waals surface area contributed by atoms with Crippen molar-refractivity contribution in [3.8, 4) is 22.8 Å². The number of hydrogen-bond donors (Lipinski definition) is 1. The Hall–Kier alpha value is -3.52. The lowest BCUT2D eigenvalue weighted by atomic mass is 9.82. The van der Waals surface area contributed by atoms with Crippen LogP contribution in [-0.4, -0.2) is 41.2 Å². The summed E-state index contributed by atoms with van der Waals surface area (Å²) in [5, 5.41) is 9.72. The summed E-state index contributed by atoms with van der Waals surface area (Å²) < 4.78 is 43.2. The Labute approximate surface area is 239 Å². The van der Waals surface area contributed by atoms with E-state index in [9.17, 15) is 14.3 Å². The topological polar surface area (TPSA) is 71.9 Å². The molecule has 3 aromatic rings. The maximum atomic E-state index is 16.5. The van der Waals surface area contributed by atoms with Crippen molar-refractivity contribution in [2.75, 3.05) is 20.2 Å². The molecule has 2 aromatic carbocycles. The zero-order valence-corrected chi connectivity index (χ0v) is 23.5. The van der Waals surface area contributed by atoms with Crippen LogP contribution in [0.4, 0.5) is 8.78 Å². The predicted octanol–water partition coefficient (Wildman–Crippen LogP) is 6.91. The van der Waals surface area contributed by atoms with E-state index in [2.05, 4.69) is 9.88 Å². The maximum Gasteiger partial charge on any atom is 0.306 e. The SMILES string of the molecule is COc1cc(-c2ccc([C@@H]3CCc4ccc([C@H](C5CC5)[C@H](C)C(=O)O)cc4O3)c(F)c2CN2CCCC2)c(F)cn1. The Bertz CT molecular complexity index is 1450. The number of carbonyl (C=O) groups is 1. The van der Waals surface area contributed by atoms with Crippen LogP contribution in [0, 0.1) is 23.5 Å². The quantitative estimate of drug-likeness (QED) is 0.306. The Morgan fingerprint density at radius 1 is 1.12 bits per heavy atom. The van der Waals surface area contributed by atoms with Crippen LogP contribution in [0.3, 0.4) is 0 Å². The first-order valence-electron chi connectivity index (χ1n) is 14.6. The van der Waals surface area contributed by atoms with E-state index in [1.54, 1.807) is 19.1 Å². The molecule has 1 saturated carbocycles. The molecular formula is C33H36F2N2O4. The van der Waals surface area contributed by atoms with Crippen LogP contribution in [0.25, 0.3) is 11.1 Å². The monoisotopic (exact) mass is 562 g/mol. The Balaban J connectivity index is 1.35. The van der Waals surface area contributed by atoms with Gasteiger partial charge in [0.1, 0.15) is 23.5 Å². The molecule has 2 aliphatic heterocycles. The van der Waals surface area contributed by atoms with Crippen molar-refractivity contribution in [2.45, 2.75) is 64.0 Å². The van der Waals surface area contributed by atoms with Gasteiger partial charge in [0.15, 0.2) is 0 Å². The molecule has 0 unspecified atom stereocenters. The lowest BCUT2D eigenvalue weighted by Gasteiger charge is -2.30. The third-order valence-electron chi connectivity index (χ3n) is 9.01. The van der Waals surface area contributed by atoms with E-state index >= 15 is 4.39 Å². The summed E-state index contributed by atoms with van der Waals surface area (Å²) in [7, 11) is 1.47. The van der Waals surface area contributed by atoms with Crippen molar-refractivity contribution in [1.29, 1.82) is 0 Å². The fourth-order valence-corrected chi connectivity index (χ4v) is 6.59. The molecule has 0 amide bonds. The molecule has 3 atom stereocenters. The maximum absolute atomic E-state index is 16.5. The zero-order chi connectivity index (χ0) is 28.7.